The van der Waals surface area contributed by atoms with Crippen LogP contribution in [-0.2, 0) is 14.4 Å². The lowest BCUT2D eigenvalue weighted by Crippen LogP contribution is -2.51. The van der Waals surface area contributed by atoms with E-state index in [9.17, 15) is 14.4 Å². The van der Waals surface area contributed by atoms with Gasteiger partial charge in [0.1, 0.15) is 0 Å². The first-order valence-electron chi connectivity index (χ1n) is 7.06. The fourth-order valence-electron chi connectivity index (χ4n) is 2.31. The average molecular weight is 284 g/mol. The van der Waals surface area contributed by atoms with Crippen LogP contribution in [0.1, 0.15) is 39.0 Å². The Labute approximate surface area is 119 Å². The van der Waals surface area contributed by atoms with Crippen LogP contribution >= 0.6 is 0 Å². The van der Waals surface area contributed by atoms with Crippen molar-refractivity contribution < 1.29 is 14.4 Å². The van der Waals surface area contributed by atoms with E-state index in [1.807, 2.05) is 6.92 Å². The number of amides is 3. The molecule has 5 N–H and O–H groups in total. The number of carbonyl (C=O) groups excluding carboxylic acids is 3. The van der Waals surface area contributed by atoms with Gasteiger partial charge in [0.25, 0.3) is 0 Å². The van der Waals surface area contributed by atoms with E-state index >= 15 is 0 Å². The van der Waals surface area contributed by atoms with Gasteiger partial charge >= 0.3 is 0 Å². The second-order valence-corrected chi connectivity index (χ2v) is 5.19. The maximum atomic E-state index is 12.0. The van der Waals surface area contributed by atoms with E-state index in [1.54, 1.807) is 4.90 Å². The van der Waals surface area contributed by atoms with Gasteiger partial charge in [-0.2, -0.15) is 0 Å². The lowest BCUT2D eigenvalue weighted by Gasteiger charge is -2.33. The van der Waals surface area contributed by atoms with E-state index in [0.717, 1.165) is 6.42 Å². The van der Waals surface area contributed by atoms with E-state index in [1.165, 1.54) is 0 Å². The quantitative estimate of drug-likeness (QED) is 0.585. The van der Waals surface area contributed by atoms with Crippen LogP contribution in [-0.4, -0.2) is 47.8 Å². The third-order valence-corrected chi connectivity index (χ3v) is 3.39. The second-order valence-electron chi connectivity index (χ2n) is 5.19. The Morgan fingerprint density at radius 2 is 1.90 bits per heavy atom. The van der Waals surface area contributed by atoms with Crippen molar-refractivity contribution in [2.75, 3.05) is 13.1 Å². The van der Waals surface area contributed by atoms with Gasteiger partial charge in [0.05, 0.1) is 12.5 Å². The van der Waals surface area contributed by atoms with E-state index in [4.69, 9.17) is 11.5 Å². The molecule has 0 aromatic carbocycles. The highest BCUT2D eigenvalue weighted by Crippen LogP contribution is 2.12. The first kappa shape index (κ1) is 16.4. The molecular formula is C13H24N4O3. The van der Waals surface area contributed by atoms with Crippen molar-refractivity contribution in [3.63, 3.8) is 0 Å². The zero-order valence-corrected chi connectivity index (χ0v) is 11.9. The Balaban J connectivity index is 2.36. The summed E-state index contributed by atoms with van der Waals surface area (Å²) >= 11 is 0. The highest BCUT2D eigenvalue weighted by atomic mass is 16.2. The normalized spacial score (nSPS) is 17.6. The molecule has 7 heteroatoms. The molecule has 3 amide bonds. The minimum Gasteiger partial charge on any atom is -0.370 e. The number of carbonyl (C=O) groups is 3. The van der Waals surface area contributed by atoms with Gasteiger partial charge in [-0.1, -0.05) is 6.92 Å². The largest absolute Gasteiger partial charge is 0.370 e. The zero-order valence-electron chi connectivity index (χ0n) is 11.9. The predicted molar refractivity (Wildman–Crippen MR) is 74.4 cm³/mol. The molecule has 7 nitrogen and oxygen atoms in total. The van der Waals surface area contributed by atoms with Crippen molar-refractivity contribution in [1.82, 2.24) is 10.2 Å². The summed E-state index contributed by atoms with van der Waals surface area (Å²) in [5.41, 5.74) is 10.7. The summed E-state index contributed by atoms with van der Waals surface area (Å²) in [5.74, 6) is -0.766. The van der Waals surface area contributed by atoms with Gasteiger partial charge < -0.3 is 21.7 Å². The van der Waals surface area contributed by atoms with Crippen LogP contribution in [0.2, 0.25) is 0 Å². The molecule has 0 saturated carbocycles. The molecule has 1 atom stereocenters. The number of nitrogens with two attached hydrogens (primary N) is 2. The van der Waals surface area contributed by atoms with Gasteiger partial charge in [0.2, 0.25) is 17.7 Å². The Morgan fingerprint density at radius 3 is 2.40 bits per heavy atom. The maximum absolute atomic E-state index is 12.0. The fourth-order valence-corrected chi connectivity index (χ4v) is 2.31. The monoisotopic (exact) mass is 284 g/mol. The van der Waals surface area contributed by atoms with Gasteiger partial charge in [-0.05, 0) is 19.3 Å². The standard InChI is InChI=1S/C13H24N4O3/c1-2-3-12(19)16-9-4-6-17(7-5-9)13(20)10(14)8-11(15)18/h9-10H,2-8,14H2,1H3,(H2,15,18)(H,16,19). The average Bonchev–Trinajstić information content (AvgIpc) is 2.38. The van der Waals surface area contributed by atoms with Crippen molar-refractivity contribution >= 4 is 17.7 Å². The number of primary amides is 1. The van der Waals surface area contributed by atoms with E-state index in [2.05, 4.69) is 5.32 Å². The third kappa shape index (κ3) is 5.16. The number of nitrogens with zero attached hydrogens (tertiary/aromatic N) is 1. The molecule has 1 fully saturated rings. The highest BCUT2D eigenvalue weighted by molar-refractivity contribution is 5.87. The number of hydrogen-bond donors (Lipinski definition) is 3. The van der Waals surface area contributed by atoms with Gasteiger partial charge in [0.15, 0.2) is 0 Å². The molecule has 1 rings (SSSR count). The molecule has 0 bridgehead atoms. The molecule has 0 aliphatic carbocycles. The summed E-state index contributed by atoms with van der Waals surface area (Å²) in [5, 5.41) is 2.96. The summed E-state index contributed by atoms with van der Waals surface area (Å²) in [4.78, 5) is 35.9. The van der Waals surface area contributed by atoms with Crippen molar-refractivity contribution in [2.45, 2.75) is 51.1 Å². The van der Waals surface area contributed by atoms with Gasteiger partial charge in [0, 0.05) is 25.6 Å². The molecule has 1 aliphatic heterocycles. The van der Waals surface area contributed by atoms with Gasteiger partial charge in [-0.25, -0.2) is 0 Å². The van der Waals surface area contributed by atoms with Crippen LogP contribution in [0.4, 0.5) is 0 Å². The summed E-state index contributed by atoms with van der Waals surface area (Å²) < 4.78 is 0. The Morgan fingerprint density at radius 1 is 1.30 bits per heavy atom. The number of nitrogens with one attached hydrogen (secondary N) is 1. The smallest absolute Gasteiger partial charge is 0.240 e. The van der Waals surface area contributed by atoms with Crippen molar-refractivity contribution in [3.05, 3.63) is 0 Å². The van der Waals surface area contributed by atoms with Crippen LogP contribution in [0.25, 0.3) is 0 Å². The topological polar surface area (TPSA) is 119 Å². The van der Waals surface area contributed by atoms with E-state index in [-0.39, 0.29) is 24.3 Å². The minimum absolute atomic E-state index is 0.0581. The van der Waals surface area contributed by atoms with Crippen LogP contribution in [0, 0.1) is 0 Å². The lowest BCUT2D eigenvalue weighted by atomic mass is 10.0. The number of piperidine rings is 1. The molecule has 1 saturated heterocycles. The molecule has 0 spiro atoms. The van der Waals surface area contributed by atoms with Crippen LogP contribution in [0.5, 0.6) is 0 Å². The summed E-state index contributed by atoms with van der Waals surface area (Å²) in [7, 11) is 0. The third-order valence-electron chi connectivity index (χ3n) is 3.39. The molecule has 1 aliphatic rings. The van der Waals surface area contributed by atoms with Gasteiger partial charge in [-0.3, -0.25) is 14.4 Å². The van der Waals surface area contributed by atoms with Crippen molar-refractivity contribution in [2.24, 2.45) is 11.5 Å². The number of likely N-dealkylation sites (tertiary alicyclic amines) is 1. The van der Waals surface area contributed by atoms with Crippen molar-refractivity contribution in [1.29, 1.82) is 0 Å². The molecule has 114 valence electrons. The molecule has 0 aromatic rings. The highest BCUT2D eigenvalue weighted by Gasteiger charge is 2.27. The van der Waals surface area contributed by atoms with Crippen LogP contribution in [0.3, 0.4) is 0 Å². The molecule has 0 aromatic heterocycles. The summed E-state index contributed by atoms with van der Waals surface area (Å²) in [6.45, 7) is 3.05. The SMILES string of the molecule is CCCC(=O)NC1CCN(C(=O)C(N)CC(N)=O)CC1. The van der Waals surface area contributed by atoms with E-state index in [0.29, 0.717) is 32.4 Å². The maximum Gasteiger partial charge on any atom is 0.240 e. The minimum atomic E-state index is -0.862. The molecular weight excluding hydrogens is 260 g/mol. The summed E-state index contributed by atoms with van der Waals surface area (Å²) in [6.07, 6.45) is 2.65. The zero-order chi connectivity index (χ0) is 15.1. The predicted octanol–water partition coefficient (Wildman–Crippen LogP) is -0.904. The van der Waals surface area contributed by atoms with Crippen LogP contribution in [0.15, 0.2) is 0 Å². The lowest BCUT2D eigenvalue weighted by molar-refractivity contribution is -0.135. The van der Waals surface area contributed by atoms with Crippen LogP contribution < -0.4 is 16.8 Å². The molecule has 20 heavy (non-hydrogen) atoms. The molecule has 1 heterocycles. The number of hydrogen-bond acceptors (Lipinski definition) is 4. The van der Waals surface area contributed by atoms with Crippen molar-refractivity contribution in [3.8, 4) is 0 Å². The Bertz CT molecular complexity index is 365. The first-order chi connectivity index (χ1) is 9.43. The Hall–Kier alpha value is -1.63. The van der Waals surface area contributed by atoms with E-state index < -0.39 is 11.9 Å². The summed E-state index contributed by atoms with van der Waals surface area (Å²) in [6, 6.07) is -0.746. The first-order valence-corrected chi connectivity index (χ1v) is 7.06. The second kappa shape index (κ2) is 7.84. The Kier molecular flexibility index (Phi) is 6.44. The molecule has 1 unspecified atom stereocenters. The number of rotatable bonds is 6. The van der Waals surface area contributed by atoms with Gasteiger partial charge in [-0.15, -0.1) is 0 Å². The fraction of sp³-hybridized carbons (Fsp3) is 0.769. The molecule has 0 radical (unpaired) electrons.